The van der Waals surface area contributed by atoms with Gasteiger partial charge in [0.15, 0.2) is 0 Å². The third-order valence-electron chi connectivity index (χ3n) is 6.25. The molecule has 0 radical (unpaired) electrons. The number of carbonyl (C=O) groups is 1. The number of rotatable bonds is 2. The van der Waals surface area contributed by atoms with Crippen LogP contribution in [-0.4, -0.2) is 54.6 Å². The summed E-state index contributed by atoms with van der Waals surface area (Å²) in [6.45, 7) is 8.18. The molecule has 1 fully saturated rings. The Bertz CT molecular complexity index is 783. The van der Waals surface area contributed by atoms with Crippen molar-refractivity contribution in [2.45, 2.75) is 25.8 Å². The second-order valence-electron chi connectivity index (χ2n) is 7.96. The summed E-state index contributed by atoms with van der Waals surface area (Å²) in [5.41, 5.74) is 1.95. The van der Waals surface area contributed by atoms with Crippen LogP contribution in [0.4, 0.5) is 0 Å². The number of likely N-dealkylation sites (N-methyl/N-ethyl adjacent to an activating group) is 1. The molecule has 2 aliphatic heterocycles. The number of hydrogen-bond acceptors (Lipinski definition) is 2. The number of carbonyl (C=O) groups excluding carboxylic acids is 1. The van der Waals surface area contributed by atoms with Gasteiger partial charge in [-0.05, 0) is 26.0 Å². The Hall–Kier alpha value is -2.04. The van der Waals surface area contributed by atoms with E-state index >= 15 is 0 Å². The summed E-state index contributed by atoms with van der Waals surface area (Å²) >= 11 is 0. The minimum absolute atomic E-state index is 0. The molecule has 0 saturated carbocycles. The number of nitrogens with zero attached hydrogens (tertiary/aromatic N) is 2. The predicted octanol–water partition coefficient (Wildman–Crippen LogP) is 0.625. The van der Waals surface area contributed by atoms with Crippen LogP contribution in [0, 0.1) is 0 Å². The third kappa shape index (κ3) is 3.44. The maximum absolute atomic E-state index is 13.5. The highest BCUT2D eigenvalue weighted by Gasteiger charge is 2.39. The van der Waals surface area contributed by atoms with Gasteiger partial charge in [0.25, 0.3) is 0 Å². The largest absolute Gasteiger partial charge is 1.00 e. The highest BCUT2D eigenvalue weighted by molar-refractivity contribution is 5.89. The molecular weight excluding hydrogens is 360 g/mol. The first-order chi connectivity index (χ1) is 12.5. The van der Waals surface area contributed by atoms with Crippen molar-refractivity contribution in [3.8, 4) is 11.5 Å². The molecular formula is C22H27ClN2O2. The average molecular weight is 387 g/mol. The van der Waals surface area contributed by atoms with Gasteiger partial charge in [-0.2, -0.15) is 0 Å². The molecule has 1 saturated heterocycles. The number of piperazine rings is 1. The first kappa shape index (κ1) is 19.7. The average Bonchev–Trinajstić information content (AvgIpc) is 2.66. The minimum Gasteiger partial charge on any atom is -1.00 e. The van der Waals surface area contributed by atoms with Crippen LogP contribution in [0.2, 0.25) is 0 Å². The molecule has 0 N–H and O–H groups in total. The van der Waals surface area contributed by atoms with Crippen molar-refractivity contribution in [3.05, 3.63) is 59.7 Å². The fraction of sp³-hybridized carbons (Fsp3) is 0.409. The van der Waals surface area contributed by atoms with Crippen LogP contribution < -0.4 is 17.1 Å². The second-order valence-corrected chi connectivity index (χ2v) is 7.96. The molecule has 2 aliphatic rings. The van der Waals surface area contributed by atoms with Gasteiger partial charge in [-0.3, -0.25) is 4.79 Å². The molecule has 5 heteroatoms. The lowest BCUT2D eigenvalue weighted by Gasteiger charge is -2.45. The summed E-state index contributed by atoms with van der Waals surface area (Å²) in [6, 6.07) is 16.4. The van der Waals surface area contributed by atoms with E-state index in [1.165, 1.54) is 0 Å². The number of ether oxygens (including phenoxy) is 1. The van der Waals surface area contributed by atoms with Gasteiger partial charge in [-0.15, -0.1) is 0 Å². The van der Waals surface area contributed by atoms with E-state index in [1.54, 1.807) is 0 Å². The molecule has 27 heavy (non-hydrogen) atoms. The van der Waals surface area contributed by atoms with Crippen LogP contribution in [0.1, 0.15) is 30.9 Å². The van der Waals surface area contributed by atoms with Crippen molar-refractivity contribution in [1.82, 2.24) is 4.90 Å². The molecule has 0 bridgehead atoms. The first-order valence-electron chi connectivity index (χ1n) is 9.48. The zero-order valence-electron chi connectivity index (χ0n) is 16.2. The van der Waals surface area contributed by atoms with E-state index in [9.17, 15) is 4.79 Å². The molecule has 0 aromatic heterocycles. The van der Waals surface area contributed by atoms with Crippen molar-refractivity contribution >= 4 is 5.91 Å². The maximum atomic E-state index is 13.5. The van der Waals surface area contributed by atoms with Crippen molar-refractivity contribution in [1.29, 1.82) is 0 Å². The number of fused-ring (bicyclic) bond motifs is 2. The summed E-state index contributed by atoms with van der Waals surface area (Å²) in [5, 5.41) is 0. The summed E-state index contributed by atoms with van der Waals surface area (Å²) < 4.78 is 7.07. The van der Waals surface area contributed by atoms with Gasteiger partial charge < -0.3 is 26.5 Å². The number of benzene rings is 2. The van der Waals surface area contributed by atoms with Crippen molar-refractivity contribution < 1.29 is 26.4 Å². The zero-order valence-corrected chi connectivity index (χ0v) is 16.9. The Morgan fingerprint density at radius 1 is 1.00 bits per heavy atom. The number of halogens is 1. The van der Waals surface area contributed by atoms with E-state index in [-0.39, 0.29) is 24.2 Å². The molecule has 144 valence electrons. The molecule has 4 nitrogen and oxygen atoms in total. The van der Waals surface area contributed by atoms with Crippen LogP contribution >= 0.6 is 0 Å². The monoisotopic (exact) mass is 386 g/mol. The molecule has 0 spiro atoms. The molecule has 0 aliphatic carbocycles. The Kier molecular flexibility index (Phi) is 5.50. The number of quaternary nitrogens is 1. The molecule has 2 aromatic rings. The molecule has 2 aromatic carbocycles. The summed E-state index contributed by atoms with van der Waals surface area (Å²) in [7, 11) is 2.30. The standard InChI is InChI=1S/C22H27N2O2.ClH/c1-16(2)24(3)14-12-23(13-15-24)22(25)21-17-8-4-6-10-19(17)26-20-11-7-5-9-18(20)21;/h4-11,16,21H,12-15H2,1-3H3;1H/q+1;/p-1. The van der Waals surface area contributed by atoms with E-state index in [1.807, 2.05) is 53.4 Å². The van der Waals surface area contributed by atoms with Crippen molar-refractivity contribution in [2.24, 2.45) is 0 Å². The number of amides is 1. The lowest BCUT2D eigenvalue weighted by Crippen LogP contribution is -3.00. The van der Waals surface area contributed by atoms with E-state index in [0.717, 1.165) is 53.3 Å². The van der Waals surface area contributed by atoms with E-state index in [4.69, 9.17) is 4.74 Å². The second kappa shape index (κ2) is 7.53. The minimum atomic E-state index is -0.271. The maximum Gasteiger partial charge on any atom is 0.235 e. The molecule has 0 unspecified atom stereocenters. The first-order valence-corrected chi connectivity index (χ1v) is 9.48. The zero-order chi connectivity index (χ0) is 18.3. The molecule has 1 amide bonds. The fourth-order valence-corrected chi connectivity index (χ4v) is 4.02. The van der Waals surface area contributed by atoms with Crippen LogP contribution in [0.5, 0.6) is 11.5 Å². The van der Waals surface area contributed by atoms with Gasteiger partial charge in [0, 0.05) is 11.1 Å². The quantitative estimate of drug-likeness (QED) is 0.708. The van der Waals surface area contributed by atoms with E-state index < -0.39 is 0 Å². The highest BCUT2D eigenvalue weighted by Crippen LogP contribution is 2.44. The van der Waals surface area contributed by atoms with Crippen LogP contribution in [0.15, 0.2) is 48.5 Å². The molecule has 2 heterocycles. The van der Waals surface area contributed by atoms with Crippen LogP contribution in [0.25, 0.3) is 0 Å². The van der Waals surface area contributed by atoms with E-state index in [0.29, 0.717) is 6.04 Å². The van der Waals surface area contributed by atoms with Crippen LogP contribution in [-0.2, 0) is 4.79 Å². The summed E-state index contributed by atoms with van der Waals surface area (Å²) in [5.74, 6) is 1.52. The normalized spacial score (nSPS) is 18.1. The fourth-order valence-electron chi connectivity index (χ4n) is 4.02. The van der Waals surface area contributed by atoms with Gasteiger partial charge in [0.2, 0.25) is 5.91 Å². The van der Waals surface area contributed by atoms with E-state index in [2.05, 4.69) is 20.9 Å². The van der Waals surface area contributed by atoms with Gasteiger partial charge >= 0.3 is 0 Å². The summed E-state index contributed by atoms with van der Waals surface area (Å²) in [4.78, 5) is 15.6. The van der Waals surface area contributed by atoms with Crippen molar-refractivity contribution in [3.63, 3.8) is 0 Å². The topological polar surface area (TPSA) is 29.5 Å². The molecule has 4 rings (SSSR count). The van der Waals surface area contributed by atoms with Gasteiger partial charge in [-0.25, -0.2) is 0 Å². The SMILES string of the molecule is CC(C)[N+]1(C)CCN(C(=O)C2c3ccccc3Oc3ccccc32)CC1.[Cl-]. The smallest absolute Gasteiger partial charge is 0.235 e. The number of para-hydroxylation sites is 2. The Morgan fingerprint density at radius 2 is 1.48 bits per heavy atom. The highest BCUT2D eigenvalue weighted by atomic mass is 35.5. The number of hydrogen-bond donors (Lipinski definition) is 0. The Balaban J connectivity index is 0.00000210. The molecule has 0 atom stereocenters. The van der Waals surface area contributed by atoms with Gasteiger partial charge in [0.05, 0.1) is 45.2 Å². The van der Waals surface area contributed by atoms with Crippen LogP contribution in [0.3, 0.4) is 0 Å². The summed E-state index contributed by atoms with van der Waals surface area (Å²) in [6.07, 6.45) is 0. The lowest BCUT2D eigenvalue weighted by molar-refractivity contribution is -0.933. The van der Waals surface area contributed by atoms with Crippen molar-refractivity contribution in [2.75, 3.05) is 33.2 Å². The van der Waals surface area contributed by atoms with Gasteiger partial charge in [-0.1, -0.05) is 36.4 Å². The van der Waals surface area contributed by atoms with Gasteiger partial charge in [0.1, 0.15) is 11.5 Å². The lowest BCUT2D eigenvalue weighted by atomic mass is 9.86. The predicted molar refractivity (Wildman–Crippen MR) is 102 cm³/mol. The third-order valence-corrected chi connectivity index (χ3v) is 6.25. The Morgan fingerprint density at radius 3 is 1.96 bits per heavy atom. The Labute approximate surface area is 167 Å².